The summed E-state index contributed by atoms with van der Waals surface area (Å²) >= 11 is 5.65. The number of alkyl halides is 3. The normalized spacial score (nSPS) is 13.0. The first-order valence-corrected chi connectivity index (χ1v) is 9.04. The van der Waals surface area contributed by atoms with Crippen LogP contribution in [0.3, 0.4) is 0 Å². The average molecular weight is 405 g/mol. The lowest BCUT2D eigenvalue weighted by Crippen LogP contribution is -2.22. The minimum Gasteiger partial charge on any atom is -0.205 e. The fourth-order valence-electron chi connectivity index (χ4n) is 2.92. The molecular formula is C23H17ClF4. The van der Waals surface area contributed by atoms with Crippen molar-refractivity contribution in [2.45, 2.75) is 18.5 Å². The molecule has 0 aliphatic heterocycles. The van der Waals surface area contributed by atoms with Gasteiger partial charge < -0.3 is 0 Å². The van der Waals surface area contributed by atoms with Gasteiger partial charge in [0, 0.05) is 0 Å². The molecule has 0 unspecified atom stereocenters. The molecule has 0 aromatic heterocycles. The van der Waals surface area contributed by atoms with Crippen LogP contribution >= 0.6 is 11.6 Å². The fraction of sp³-hybridized carbons (Fsp3) is 0.130. The molecule has 0 bridgehead atoms. The summed E-state index contributed by atoms with van der Waals surface area (Å²) in [5.74, 6) is -2.05. The maximum Gasteiger partial charge on any atom is 0.396 e. The van der Waals surface area contributed by atoms with Gasteiger partial charge in [0.25, 0.3) is 0 Å². The van der Waals surface area contributed by atoms with Gasteiger partial charge in [-0.15, -0.1) is 0 Å². The van der Waals surface area contributed by atoms with Gasteiger partial charge in [-0.1, -0.05) is 84.4 Å². The van der Waals surface area contributed by atoms with Crippen molar-refractivity contribution in [2.24, 2.45) is 0 Å². The molecule has 0 nitrogen and oxygen atoms in total. The van der Waals surface area contributed by atoms with Crippen LogP contribution in [0.1, 0.15) is 28.2 Å². The Morgan fingerprint density at radius 2 is 1.43 bits per heavy atom. The van der Waals surface area contributed by atoms with Crippen LogP contribution in [0.25, 0.3) is 12.2 Å². The Morgan fingerprint density at radius 1 is 0.821 bits per heavy atom. The van der Waals surface area contributed by atoms with Crippen LogP contribution in [-0.4, -0.2) is 6.18 Å². The van der Waals surface area contributed by atoms with E-state index in [9.17, 15) is 17.6 Å². The molecule has 0 saturated heterocycles. The molecule has 144 valence electrons. The Kier molecular flexibility index (Phi) is 6.20. The topological polar surface area (TPSA) is 0 Å². The van der Waals surface area contributed by atoms with E-state index < -0.39 is 17.9 Å². The highest BCUT2D eigenvalue weighted by Crippen LogP contribution is 2.37. The SMILES string of the molecule is Fc1cc(C=Cc2ccc(C[C@@H](c3ccccc3)C(F)(F)F)cc2)ccc1Cl. The zero-order chi connectivity index (χ0) is 20.1. The quantitative estimate of drug-likeness (QED) is 0.304. The summed E-state index contributed by atoms with van der Waals surface area (Å²) in [4.78, 5) is 0. The summed E-state index contributed by atoms with van der Waals surface area (Å²) in [6.45, 7) is 0. The molecule has 3 aromatic carbocycles. The minimum absolute atomic E-state index is 0.0548. The molecule has 1 atom stereocenters. The molecule has 0 aliphatic carbocycles. The van der Waals surface area contributed by atoms with E-state index in [4.69, 9.17) is 11.6 Å². The zero-order valence-electron chi connectivity index (χ0n) is 14.8. The van der Waals surface area contributed by atoms with E-state index in [0.717, 1.165) is 5.56 Å². The summed E-state index contributed by atoms with van der Waals surface area (Å²) in [6.07, 6.45) is -0.958. The third kappa shape index (κ3) is 5.23. The van der Waals surface area contributed by atoms with Crippen molar-refractivity contribution in [3.05, 3.63) is 106 Å². The van der Waals surface area contributed by atoms with Gasteiger partial charge in [-0.2, -0.15) is 13.2 Å². The highest BCUT2D eigenvalue weighted by Gasteiger charge is 2.40. The summed E-state index contributed by atoms with van der Waals surface area (Å²) in [6, 6.07) is 19.3. The second-order valence-electron chi connectivity index (χ2n) is 6.46. The minimum atomic E-state index is -4.32. The largest absolute Gasteiger partial charge is 0.396 e. The maximum absolute atomic E-state index is 13.5. The molecule has 0 saturated carbocycles. The standard InChI is InChI=1S/C23H17ClF4/c24-21-13-12-18(15-22(21)25)11-8-16-6-9-17(10-7-16)14-20(23(26,27)28)19-4-2-1-3-5-19/h1-13,15,20H,14H2/t20-/m0/s1. The zero-order valence-corrected chi connectivity index (χ0v) is 15.5. The average Bonchev–Trinajstić information content (AvgIpc) is 2.68. The van der Waals surface area contributed by atoms with E-state index in [0.29, 0.717) is 11.1 Å². The van der Waals surface area contributed by atoms with Crippen LogP contribution in [0.4, 0.5) is 17.6 Å². The molecule has 5 heteroatoms. The van der Waals surface area contributed by atoms with Crippen LogP contribution in [0, 0.1) is 5.82 Å². The van der Waals surface area contributed by atoms with E-state index in [-0.39, 0.29) is 17.0 Å². The second kappa shape index (κ2) is 8.61. The van der Waals surface area contributed by atoms with Crippen molar-refractivity contribution in [3.8, 4) is 0 Å². The van der Waals surface area contributed by atoms with Crippen molar-refractivity contribution >= 4 is 23.8 Å². The lowest BCUT2D eigenvalue weighted by Gasteiger charge is -2.21. The molecular weight excluding hydrogens is 388 g/mol. The van der Waals surface area contributed by atoms with Crippen LogP contribution in [-0.2, 0) is 6.42 Å². The molecule has 3 aromatic rings. The first-order chi connectivity index (χ1) is 13.3. The molecule has 0 fully saturated rings. The van der Waals surface area contributed by atoms with E-state index in [2.05, 4.69) is 0 Å². The Bertz CT molecular complexity index is 945. The number of hydrogen-bond donors (Lipinski definition) is 0. The Morgan fingerprint density at radius 3 is 2.04 bits per heavy atom. The molecule has 0 N–H and O–H groups in total. The van der Waals surface area contributed by atoms with Crippen LogP contribution in [0.15, 0.2) is 72.8 Å². The summed E-state index contributed by atoms with van der Waals surface area (Å²) in [5, 5.41) is 0.0548. The van der Waals surface area contributed by atoms with Crippen LogP contribution < -0.4 is 0 Å². The van der Waals surface area contributed by atoms with Gasteiger partial charge in [0.1, 0.15) is 5.82 Å². The van der Waals surface area contributed by atoms with E-state index >= 15 is 0 Å². The lowest BCUT2D eigenvalue weighted by atomic mass is 9.91. The second-order valence-corrected chi connectivity index (χ2v) is 6.86. The van der Waals surface area contributed by atoms with Crippen LogP contribution in [0.2, 0.25) is 5.02 Å². The van der Waals surface area contributed by atoms with Crippen molar-refractivity contribution < 1.29 is 17.6 Å². The fourth-order valence-corrected chi connectivity index (χ4v) is 3.03. The van der Waals surface area contributed by atoms with E-state index in [1.807, 2.05) is 0 Å². The van der Waals surface area contributed by atoms with Crippen molar-refractivity contribution in [3.63, 3.8) is 0 Å². The first-order valence-electron chi connectivity index (χ1n) is 8.66. The van der Waals surface area contributed by atoms with Crippen molar-refractivity contribution in [1.82, 2.24) is 0 Å². The first kappa shape index (κ1) is 20.2. The van der Waals surface area contributed by atoms with Gasteiger partial charge in [-0.25, -0.2) is 4.39 Å². The predicted molar refractivity (Wildman–Crippen MR) is 106 cm³/mol. The van der Waals surface area contributed by atoms with Gasteiger partial charge in [0.15, 0.2) is 0 Å². The van der Waals surface area contributed by atoms with Crippen molar-refractivity contribution in [2.75, 3.05) is 0 Å². The Labute approximate surface area is 166 Å². The molecule has 0 radical (unpaired) electrons. The van der Waals surface area contributed by atoms with Gasteiger partial charge >= 0.3 is 6.18 Å². The maximum atomic E-state index is 13.5. The molecule has 0 spiro atoms. The Balaban J connectivity index is 1.74. The third-order valence-corrected chi connectivity index (χ3v) is 4.74. The molecule has 0 amide bonds. The number of rotatable bonds is 5. The van der Waals surface area contributed by atoms with Gasteiger partial charge in [0.05, 0.1) is 10.9 Å². The number of hydrogen-bond acceptors (Lipinski definition) is 0. The van der Waals surface area contributed by atoms with E-state index in [1.54, 1.807) is 60.7 Å². The monoisotopic (exact) mass is 404 g/mol. The van der Waals surface area contributed by atoms with Gasteiger partial charge in [-0.05, 0) is 40.8 Å². The molecule has 3 rings (SSSR count). The van der Waals surface area contributed by atoms with E-state index in [1.165, 1.54) is 24.3 Å². The third-order valence-electron chi connectivity index (χ3n) is 4.43. The highest BCUT2D eigenvalue weighted by molar-refractivity contribution is 6.30. The molecule has 0 heterocycles. The van der Waals surface area contributed by atoms with Gasteiger partial charge in [-0.3, -0.25) is 0 Å². The summed E-state index contributed by atoms with van der Waals surface area (Å²) in [7, 11) is 0. The van der Waals surface area contributed by atoms with Gasteiger partial charge in [0.2, 0.25) is 0 Å². The number of benzene rings is 3. The predicted octanol–water partition coefficient (Wildman–Crippen LogP) is 7.54. The molecule has 0 aliphatic rings. The van der Waals surface area contributed by atoms with Crippen molar-refractivity contribution in [1.29, 1.82) is 0 Å². The van der Waals surface area contributed by atoms with Crippen LogP contribution in [0.5, 0.6) is 0 Å². The summed E-state index contributed by atoms with van der Waals surface area (Å²) < 4.78 is 53.9. The highest BCUT2D eigenvalue weighted by atomic mass is 35.5. The summed E-state index contributed by atoms with van der Waals surface area (Å²) in [5.41, 5.74) is 2.30. The number of halogens is 5. The smallest absolute Gasteiger partial charge is 0.205 e. The molecule has 28 heavy (non-hydrogen) atoms. The Hall–Kier alpha value is -2.59. The lowest BCUT2D eigenvalue weighted by molar-refractivity contribution is -0.150.